The van der Waals surface area contributed by atoms with E-state index in [0.717, 1.165) is 43.0 Å². The SMILES string of the molecule is CCN(CC)CCNC(=O)c1c(C)[nH]c(/C=C2\C(=O)Nc3ccc(OC(=O)/C=C/C(=O)Oc4cccc(CNC(=O)Nc5nc(-c6ccncc6)cs5)c4)cc32)c1C. The number of thiazole rings is 1. The van der Waals surface area contributed by atoms with Crippen LogP contribution < -0.4 is 30.7 Å². The van der Waals surface area contributed by atoms with Gasteiger partial charge in [0.05, 0.1) is 16.8 Å². The minimum absolute atomic E-state index is 0.140. The summed E-state index contributed by atoms with van der Waals surface area (Å²) in [7, 11) is 0. The number of nitrogens with zero attached hydrogens (tertiary/aromatic N) is 3. The summed E-state index contributed by atoms with van der Waals surface area (Å²) in [6, 6.07) is 14.4. The Labute approximate surface area is 338 Å². The molecule has 0 bridgehead atoms. The number of carbonyl (C=O) groups is 5. The molecule has 298 valence electrons. The molecule has 3 aromatic heterocycles. The van der Waals surface area contributed by atoms with Crippen molar-refractivity contribution in [2.45, 2.75) is 34.2 Å². The van der Waals surface area contributed by atoms with Crippen LogP contribution in [0, 0.1) is 13.8 Å². The predicted octanol–water partition coefficient (Wildman–Crippen LogP) is 6.10. The molecule has 0 spiro atoms. The highest BCUT2D eigenvalue weighted by Crippen LogP contribution is 2.36. The number of fused-ring (bicyclic) bond motifs is 1. The molecule has 0 unspecified atom stereocenters. The standard InChI is InChI=1S/C42H42N8O7S/c1-5-50(6-2)19-18-44-40(54)38-25(3)34(46-26(38)4)22-32-31-21-30(10-11-33(31)47-39(32)53)57-37(52)13-12-36(51)56-29-9-7-8-27(20-29)23-45-41(55)49-42-48-35(24-58-42)28-14-16-43-17-15-28/h7-17,20-22,24,46H,5-6,18-19,23H2,1-4H3,(H,44,54)(H,47,53)(H2,45,48,49,55)/b13-12+,32-22-. The van der Waals surface area contributed by atoms with Crippen LogP contribution in [0.25, 0.3) is 22.9 Å². The molecule has 0 saturated heterocycles. The van der Waals surface area contributed by atoms with E-state index in [9.17, 15) is 24.0 Å². The van der Waals surface area contributed by atoms with E-state index in [1.807, 2.05) is 24.4 Å². The van der Waals surface area contributed by atoms with Crippen molar-refractivity contribution < 1.29 is 33.4 Å². The van der Waals surface area contributed by atoms with E-state index < -0.39 is 18.0 Å². The number of carbonyl (C=O) groups excluding carboxylic acids is 5. The van der Waals surface area contributed by atoms with Gasteiger partial charge in [-0.2, -0.15) is 0 Å². The third kappa shape index (κ3) is 10.3. The van der Waals surface area contributed by atoms with E-state index in [1.165, 1.54) is 17.4 Å². The van der Waals surface area contributed by atoms with E-state index in [-0.39, 0.29) is 29.9 Å². The smallest absolute Gasteiger partial charge is 0.336 e. The van der Waals surface area contributed by atoms with Gasteiger partial charge < -0.3 is 35.3 Å². The molecule has 0 radical (unpaired) electrons. The summed E-state index contributed by atoms with van der Waals surface area (Å²) < 4.78 is 10.8. The lowest BCUT2D eigenvalue weighted by atomic mass is 10.0. The minimum Gasteiger partial charge on any atom is -0.423 e. The van der Waals surface area contributed by atoms with Crippen LogP contribution in [0.1, 0.15) is 52.3 Å². The largest absolute Gasteiger partial charge is 0.423 e. The number of nitrogens with one attached hydrogen (secondary N) is 5. The average molecular weight is 803 g/mol. The Morgan fingerprint density at radius 3 is 2.36 bits per heavy atom. The van der Waals surface area contributed by atoms with Gasteiger partial charge in [0.1, 0.15) is 11.5 Å². The fourth-order valence-electron chi connectivity index (χ4n) is 6.20. The Balaban J connectivity index is 1.01. The minimum atomic E-state index is -0.843. The van der Waals surface area contributed by atoms with Gasteiger partial charge in [0, 0.05) is 77.8 Å². The maximum Gasteiger partial charge on any atom is 0.336 e. The number of aromatic amines is 1. The predicted molar refractivity (Wildman–Crippen MR) is 221 cm³/mol. The number of pyridine rings is 1. The molecule has 58 heavy (non-hydrogen) atoms. The fourth-order valence-corrected chi connectivity index (χ4v) is 6.91. The number of urea groups is 1. The molecular weight excluding hydrogens is 761 g/mol. The highest BCUT2D eigenvalue weighted by atomic mass is 32.1. The summed E-state index contributed by atoms with van der Waals surface area (Å²) in [4.78, 5) is 77.7. The molecule has 15 nitrogen and oxygen atoms in total. The summed E-state index contributed by atoms with van der Waals surface area (Å²) in [5, 5.41) is 13.5. The number of aryl methyl sites for hydroxylation is 1. The van der Waals surface area contributed by atoms with Gasteiger partial charge in [0.2, 0.25) is 0 Å². The zero-order chi connectivity index (χ0) is 41.2. The molecule has 4 amide bonds. The summed E-state index contributed by atoms with van der Waals surface area (Å²) in [6.07, 6.45) is 6.87. The van der Waals surface area contributed by atoms with Gasteiger partial charge in [-0.1, -0.05) is 26.0 Å². The Morgan fingerprint density at radius 1 is 0.914 bits per heavy atom. The van der Waals surface area contributed by atoms with Gasteiger partial charge in [0.25, 0.3) is 11.8 Å². The lowest BCUT2D eigenvalue weighted by Crippen LogP contribution is -2.35. The first-order chi connectivity index (χ1) is 28.0. The molecule has 5 aromatic rings. The molecule has 1 aliphatic heterocycles. The molecule has 0 saturated carbocycles. The number of anilines is 2. The normalized spacial score (nSPS) is 12.7. The van der Waals surface area contributed by atoms with E-state index in [4.69, 9.17) is 9.47 Å². The molecular formula is C42H42N8O7S. The number of hydrogen-bond acceptors (Lipinski definition) is 11. The van der Waals surface area contributed by atoms with Gasteiger partial charge in [0.15, 0.2) is 5.13 Å². The summed E-state index contributed by atoms with van der Waals surface area (Å²) in [5.74, 6) is -1.87. The number of amides is 4. The molecule has 6 rings (SSSR count). The van der Waals surface area contributed by atoms with Crippen LogP contribution in [0.4, 0.5) is 15.6 Å². The second-order valence-corrected chi connectivity index (χ2v) is 13.9. The van der Waals surface area contributed by atoms with Crippen LogP contribution in [-0.2, 0) is 20.9 Å². The van der Waals surface area contributed by atoms with Gasteiger partial charge in [-0.25, -0.2) is 19.4 Å². The zero-order valence-corrected chi connectivity index (χ0v) is 33.1. The highest BCUT2D eigenvalue weighted by Gasteiger charge is 2.27. The van der Waals surface area contributed by atoms with Crippen molar-refractivity contribution in [2.24, 2.45) is 0 Å². The van der Waals surface area contributed by atoms with Crippen molar-refractivity contribution in [3.05, 3.63) is 118 Å². The summed E-state index contributed by atoms with van der Waals surface area (Å²) >= 11 is 1.29. The number of benzene rings is 2. The number of rotatable bonds is 15. The monoisotopic (exact) mass is 802 g/mol. The van der Waals surface area contributed by atoms with Crippen molar-refractivity contribution in [1.29, 1.82) is 0 Å². The van der Waals surface area contributed by atoms with Crippen LogP contribution in [0.15, 0.2) is 84.5 Å². The molecule has 5 N–H and O–H groups in total. The van der Waals surface area contributed by atoms with Crippen molar-refractivity contribution in [3.8, 4) is 22.8 Å². The number of aromatic nitrogens is 3. The molecule has 4 heterocycles. The van der Waals surface area contributed by atoms with Gasteiger partial charge in [-0.05, 0) is 86.6 Å². The van der Waals surface area contributed by atoms with Crippen molar-refractivity contribution >= 4 is 63.6 Å². The highest BCUT2D eigenvalue weighted by molar-refractivity contribution is 7.14. The first kappa shape index (κ1) is 40.7. The number of ether oxygens (including phenoxy) is 2. The molecule has 0 aliphatic carbocycles. The van der Waals surface area contributed by atoms with Crippen molar-refractivity contribution in [2.75, 3.05) is 36.8 Å². The quantitative estimate of drug-likeness (QED) is 0.0469. The molecule has 2 aromatic carbocycles. The Kier molecular flexibility index (Phi) is 13.2. The lowest BCUT2D eigenvalue weighted by Gasteiger charge is -2.18. The molecule has 1 aliphatic rings. The van der Waals surface area contributed by atoms with Crippen LogP contribution in [-0.4, -0.2) is 75.8 Å². The Hall–Kier alpha value is -6.91. The third-order valence-corrected chi connectivity index (χ3v) is 9.98. The van der Waals surface area contributed by atoms with Crippen LogP contribution >= 0.6 is 11.3 Å². The Bertz CT molecular complexity index is 2400. The van der Waals surface area contributed by atoms with Crippen molar-refractivity contribution in [3.63, 3.8) is 0 Å². The van der Waals surface area contributed by atoms with Gasteiger partial charge in [-0.3, -0.25) is 19.9 Å². The average Bonchev–Trinajstić information content (AvgIpc) is 3.89. The molecule has 0 atom stereocenters. The maximum atomic E-state index is 13.1. The topological polar surface area (TPSA) is 197 Å². The van der Waals surface area contributed by atoms with Crippen LogP contribution in [0.5, 0.6) is 11.5 Å². The third-order valence-electron chi connectivity index (χ3n) is 9.22. The van der Waals surface area contributed by atoms with Crippen LogP contribution in [0.3, 0.4) is 0 Å². The second-order valence-electron chi connectivity index (χ2n) is 13.1. The number of likely N-dealkylation sites (N-methyl/N-ethyl adjacent to an activating group) is 1. The van der Waals surface area contributed by atoms with E-state index in [1.54, 1.807) is 61.8 Å². The number of hydrogen-bond donors (Lipinski definition) is 5. The van der Waals surface area contributed by atoms with E-state index in [2.05, 4.69) is 55.0 Å². The second kappa shape index (κ2) is 18.8. The number of H-pyrrole nitrogens is 1. The van der Waals surface area contributed by atoms with Gasteiger partial charge >= 0.3 is 18.0 Å². The summed E-state index contributed by atoms with van der Waals surface area (Å²) in [6.45, 7) is 11.0. The fraction of sp³-hybridized carbons (Fsp3) is 0.214. The lowest BCUT2D eigenvalue weighted by molar-refractivity contribution is -0.131. The summed E-state index contributed by atoms with van der Waals surface area (Å²) in [5.41, 5.74) is 6.10. The first-order valence-corrected chi connectivity index (χ1v) is 19.4. The van der Waals surface area contributed by atoms with Gasteiger partial charge in [-0.15, -0.1) is 11.3 Å². The first-order valence-electron chi connectivity index (χ1n) is 18.5. The van der Waals surface area contributed by atoms with Crippen molar-refractivity contribution in [1.82, 2.24) is 30.5 Å². The zero-order valence-electron chi connectivity index (χ0n) is 32.3. The number of esters is 2. The molecule has 16 heteroatoms. The van der Waals surface area contributed by atoms with E-state index in [0.29, 0.717) is 56.6 Å². The maximum absolute atomic E-state index is 13.1. The molecule has 0 fully saturated rings. The van der Waals surface area contributed by atoms with Crippen LogP contribution in [0.2, 0.25) is 0 Å². The van der Waals surface area contributed by atoms with E-state index >= 15 is 0 Å². The Morgan fingerprint density at radius 2 is 1.64 bits per heavy atom.